The van der Waals surface area contributed by atoms with Crippen molar-refractivity contribution in [2.75, 3.05) is 31.1 Å². The second kappa shape index (κ2) is 13.1. The topological polar surface area (TPSA) is 147 Å². The fourth-order valence-corrected chi connectivity index (χ4v) is 5.49. The zero-order valence-electron chi connectivity index (χ0n) is 24.8. The van der Waals surface area contributed by atoms with E-state index < -0.39 is 28.6 Å². The molecule has 1 saturated heterocycles. The summed E-state index contributed by atoms with van der Waals surface area (Å²) < 4.78 is 17.9. The molecule has 5 aromatic rings. The molecule has 0 amide bonds. The van der Waals surface area contributed by atoms with Gasteiger partial charge in [0.1, 0.15) is 16.9 Å². The van der Waals surface area contributed by atoms with Crippen molar-refractivity contribution in [2.24, 2.45) is 0 Å². The zero-order valence-corrected chi connectivity index (χ0v) is 24.8. The summed E-state index contributed by atoms with van der Waals surface area (Å²) >= 11 is 0. The molecule has 1 aliphatic heterocycles. The van der Waals surface area contributed by atoms with E-state index in [1.807, 2.05) is 43.0 Å². The Labute approximate surface area is 256 Å². The van der Waals surface area contributed by atoms with Gasteiger partial charge < -0.3 is 29.6 Å². The highest BCUT2D eigenvalue weighted by Crippen LogP contribution is 2.26. The van der Waals surface area contributed by atoms with Crippen LogP contribution in [0.5, 0.6) is 0 Å². The highest BCUT2D eigenvalue weighted by molar-refractivity contribution is 5.94. The van der Waals surface area contributed by atoms with E-state index in [1.54, 1.807) is 33.7 Å². The van der Waals surface area contributed by atoms with Crippen LogP contribution in [0.25, 0.3) is 32.9 Å². The van der Waals surface area contributed by atoms with Gasteiger partial charge in [-0.3, -0.25) is 14.6 Å². The maximum Gasteiger partial charge on any atom is 0.341 e. The third-order valence-electron chi connectivity index (χ3n) is 7.84. The van der Waals surface area contributed by atoms with Crippen molar-refractivity contribution < 1.29 is 24.2 Å². The normalized spacial score (nSPS) is 13.0. The summed E-state index contributed by atoms with van der Waals surface area (Å²) in [5.74, 6) is -3.00. The summed E-state index contributed by atoms with van der Waals surface area (Å²) in [5.41, 5.74) is 2.04. The number of hydrogen-bond acceptors (Lipinski definition) is 7. The van der Waals surface area contributed by atoms with Crippen molar-refractivity contribution >= 4 is 39.4 Å². The van der Waals surface area contributed by atoms with E-state index in [2.05, 4.69) is 10.3 Å². The first kappa shape index (κ1) is 31.1. The maximum absolute atomic E-state index is 14.5. The number of rotatable bonds is 6. The number of aromatic carboxylic acids is 2. The molecule has 0 unspecified atom stereocenters. The van der Waals surface area contributed by atoms with Crippen LogP contribution in [0.4, 0.5) is 10.1 Å². The standard InChI is InChI=1S/C17H14N2O3.C16H18FN3O3/c1-2-19-10-14(17(21)22)16(20)13-4-3-12(9-15(13)19)11-5-7-18-8-6-11;1-2-19-9-11(16(22)23)15(21)10-7-12(17)14(8-13(10)19)20-5-3-18-4-6-20/h3-10H,2H2,1H3,(H,21,22);7-9,18H,2-6H2,1H3,(H,22,23). The smallest absolute Gasteiger partial charge is 0.341 e. The SMILES string of the molecule is CCn1cc(C(=O)O)c(=O)c2cc(F)c(N3CCNCC3)cc21.CCn1cc(C(=O)O)c(=O)c2ccc(-c3ccncc3)cc21. The number of benzene rings is 2. The van der Waals surface area contributed by atoms with Gasteiger partial charge in [-0.25, -0.2) is 14.0 Å². The van der Waals surface area contributed by atoms with Crippen LogP contribution in [0.3, 0.4) is 0 Å². The Kier molecular flexibility index (Phi) is 9.05. The van der Waals surface area contributed by atoms with Gasteiger partial charge in [0.05, 0.1) is 16.7 Å². The molecule has 3 N–H and O–H groups in total. The van der Waals surface area contributed by atoms with E-state index in [9.17, 15) is 23.6 Å². The van der Waals surface area contributed by atoms with E-state index >= 15 is 0 Å². The monoisotopic (exact) mass is 613 g/mol. The molecule has 0 atom stereocenters. The first-order chi connectivity index (χ1) is 21.6. The number of carbonyl (C=O) groups is 2. The highest BCUT2D eigenvalue weighted by Gasteiger charge is 2.20. The van der Waals surface area contributed by atoms with Crippen LogP contribution >= 0.6 is 0 Å². The molecule has 0 bridgehead atoms. The van der Waals surface area contributed by atoms with Gasteiger partial charge in [0.25, 0.3) is 0 Å². The molecule has 3 aromatic heterocycles. The van der Waals surface area contributed by atoms with Gasteiger partial charge in [0.2, 0.25) is 10.9 Å². The van der Waals surface area contributed by atoms with Crippen molar-refractivity contribution in [3.8, 4) is 11.1 Å². The number of piperazine rings is 1. The Balaban J connectivity index is 0.000000178. The third-order valence-corrected chi connectivity index (χ3v) is 7.84. The molecule has 2 aromatic carbocycles. The Morgan fingerprint density at radius 2 is 1.36 bits per heavy atom. The van der Waals surface area contributed by atoms with Gasteiger partial charge in [-0.05, 0) is 61.4 Å². The maximum atomic E-state index is 14.5. The van der Waals surface area contributed by atoms with E-state index in [-0.39, 0.29) is 16.5 Å². The molecule has 4 heterocycles. The Hall–Kier alpha value is -5.36. The summed E-state index contributed by atoms with van der Waals surface area (Å²) in [6.07, 6.45) is 6.15. The quantitative estimate of drug-likeness (QED) is 0.258. The lowest BCUT2D eigenvalue weighted by Crippen LogP contribution is -2.43. The van der Waals surface area contributed by atoms with Crippen LogP contribution in [-0.4, -0.2) is 62.4 Å². The molecule has 11 nitrogen and oxygen atoms in total. The number of hydrogen-bond donors (Lipinski definition) is 3. The van der Waals surface area contributed by atoms with Gasteiger partial charge in [0.15, 0.2) is 0 Å². The lowest BCUT2D eigenvalue weighted by Gasteiger charge is -2.30. The molecule has 1 aliphatic rings. The molecule has 0 radical (unpaired) electrons. The number of fused-ring (bicyclic) bond motifs is 2. The van der Waals surface area contributed by atoms with Crippen LogP contribution in [0.1, 0.15) is 34.6 Å². The number of carboxylic acid groups (broad SMARTS) is 2. The molecule has 0 spiro atoms. The fraction of sp³-hybridized carbons (Fsp3) is 0.242. The van der Waals surface area contributed by atoms with Gasteiger partial charge in [-0.15, -0.1) is 0 Å². The lowest BCUT2D eigenvalue weighted by atomic mass is 10.0. The predicted molar refractivity (Wildman–Crippen MR) is 170 cm³/mol. The molecule has 6 rings (SSSR count). The van der Waals surface area contributed by atoms with Crippen molar-refractivity contribution in [1.82, 2.24) is 19.4 Å². The lowest BCUT2D eigenvalue weighted by molar-refractivity contribution is 0.0684. The molecule has 45 heavy (non-hydrogen) atoms. The molecule has 1 fully saturated rings. The van der Waals surface area contributed by atoms with Crippen LogP contribution in [0, 0.1) is 5.82 Å². The minimum Gasteiger partial charge on any atom is -0.477 e. The summed E-state index contributed by atoms with van der Waals surface area (Å²) in [4.78, 5) is 52.9. The van der Waals surface area contributed by atoms with Crippen molar-refractivity contribution in [2.45, 2.75) is 26.9 Å². The number of anilines is 1. The summed E-state index contributed by atoms with van der Waals surface area (Å²) in [5, 5.41) is 22.0. The van der Waals surface area contributed by atoms with E-state index in [1.165, 1.54) is 12.4 Å². The molecule has 0 saturated carbocycles. The minimum absolute atomic E-state index is 0.100. The number of pyridine rings is 3. The summed E-state index contributed by atoms with van der Waals surface area (Å²) in [6.45, 7) is 7.75. The van der Waals surface area contributed by atoms with Gasteiger partial charge in [0, 0.05) is 74.8 Å². The Morgan fingerprint density at radius 1 is 0.800 bits per heavy atom. The van der Waals surface area contributed by atoms with Gasteiger partial charge in [-0.1, -0.05) is 6.07 Å². The number of nitrogens with zero attached hydrogens (tertiary/aromatic N) is 4. The number of carboxylic acids is 2. The number of nitrogens with one attached hydrogen (secondary N) is 1. The average Bonchev–Trinajstić information content (AvgIpc) is 3.06. The van der Waals surface area contributed by atoms with Gasteiger partial charge >= 0.3 is 11.9 Å². The van der Waals surface area contributed by atoms with Crippen LogP contribution in [0.2, 0.25) is 0 Å². The number of aromatic nitrogens is 3. The largest absolute Gasteiger partial charge is 0.477 e. The van der Waals surface area contributed by atoms with E-state index in [0.717, 1.165) is 35.8 Å². The molecule has 232 valence electrons. The molecule has 12 heteroatoms. The van der Waals surface area contributed by atoms with E-state index in [0.29, 0.717) is 42.8 Å². The minimum atomic E-state index is -1.30. The number of aryl methyl sites for hydroxylation is 2. The Morgan fingerprint density at radius 3 is 1.91 bits per heavy atom. The second-order valence-corrected chi connectivity index (χ2v) is 10.5. The summed E-state index contributed by atoms with van der Waals surface area (Å²) in [7, 11) is 0. The fourth-order valence-electron chi connectivity index (χ4n) is 5.49. The first-order valence-electron chi connectivity index (χ1n) is 14.5. The van der Waals surface area contributed by atoms with E-state index in [4.69, 9.17) is 10.2 Å². The van der Waals surface area contributed by atoms with Crippen LogP contribution < -0.4 is 21.1 Å². The van der Waals surface area contributed by atoms with Crippen LogP contribution in [0.15, 0.2) is 76.8 Å². The molecular formula is C33H32FN5O6. The number of halogens is 1. The van der Waals surface area contributed by atoms with Crippen LogP contribution in [-0.2, 0) is 13.1 Å². The third kappa shape index (κ3) is 6.18. The second-order valence-electron chi connectivity index (χ2n) is 10.5. The molecular weight excluding hydrogens is 581 g/mol. The van der Waals surface area contributed by atoms with Crippen molar-refractivity contribution in [1.29, 1.82) is 0 Å². The zero-order chi connectivity index (χ0) is 32.2. The average molecular weight is 614 g/mol. The van der Waals surface area contributed by atoms with Gasteiger partial charge in [-0.2, -0.15) is 0 Å². The molecule has 0 aliphatic carbocycles. The Bertz CT molecular complexity index is 2030. The van der Waals surface area contributed by atoms with Crippen molar-refractivity contribution in [3.63, 3.8) is 0 Å². The van der Waals surface area contributed by atoms with Crippen molar-refractivity contribution in [3.05, 3.63) is 105 Å². The first-order valence-corrected chi connectivity index (χ1v) is 14.5. The predicted octanol–water partition coefficient (Wildman–Crippen LogP) is 4.05. The highest BCUT2D eigenvalue weighted by atomic mass is 19.1. The summed E-state index contributed by atoms with van der Waals surface area (Å²) in [6, 6.07) is 12.0.